The molecule has 0 fully saturated rings. The second kappa shape index (κ2) is 6.44. The Labute approximate surface area is 151 Å². The van der Waals surface area contributed by atoms with Crippen LogP contribution in [-0.2, 0) is 11.3 Å². The molecule has 0 saturated heterocycles. The van der Waals surface area contributed by atoms with Crippen molar-refractivity contribution in [3.8, 4) is 5.75 Å². The van der Waals surface area contributed by atoms with E-state index in [-0.39, 0.29) is 23.7 Å². The number of benzene rings is 1. The summed E-state index contributed by atoms with van der Waals surface area (Å²) in [5.74, 6) is 0.306. The van der Waals surface area contributed by atoms with Crippen LogP contribution in [0.15, 0.2) is 35.1 Å². The molecule has 0 bridgehead atoms. The van der Waals surface area contributed by atoms with E-state index in [1.54, 1.807) is 36.6 Å². The smallest absolute Gasteiger partial charge is 0.244 e. The van der Waals surface area contributed by atoms with E-state index in [0.717, 1.165) is 11.4 Å². The highest BCUT2D eigenvalue weighted by molar-refractivity contribution is 6.02. The summed E-state index contributed by atoms with van der Waals surface area (Å²) in [6.45, 7) is 7.42. The molecule has 1 aromatic heterocycles. The molecule has 0 saturated carbocycles. The van der Waals surface area contributed by atoms with Crippen LogP contribution in [0.4, 0.5) is 5.69 Å². The maximum atomic E-state index is 12.4. The van der Waals surface area contributed by atoms with Crippen LogP contribution < -0.4 is 15.5 Å². The van der Waals surface area contributed by atoms with Crippen molar-refractivity contribution in [1.29, 1.82) is 0 Å². The summed E-state index contributed by atoms with van der Waals surface area (Å²) in [5, 5.41) is 2.81. The van der Waals surface area contributed by atoms with Crippen molar-refractivity contribution >= 4 is 17.4 Å². The van der Waals surface area contributed by atoms with Crippen LogP contribution in [0.25, 0.3) is 0 Å². The fourth-order valence-electron chi connectivity index (χ4n) is 3.21. The molecule has 6 nitrogen and oxygen atoms in total. The van der Waals surface area contributed by atoms with Crippen LogP contribution in [0, 0.1) is 13.8 Å². The summed E-state index contributed by atoms with van der Waals surface area (Å²) < 4.78 is 7.59. The minimum Gasteiger partial charge on any atom is -0.487 e. The zero-order valence-electron chi connectivity index (χ0n) is 15.4. The fourth-order valence-corrected chi connectivity index (χ4v) is 3.21. The number of nitrogens with one attached hydrogen (secondary N) is 1. The van der Waals surface area contributed by atoms with Gasteiger partial charge in [-0.3, -0.25) is 14.4 Å². The van der Waals surface area contributed by atoms with E-state index in [4.69, 9.17) is 4.74 Å². The number of aromatic nitrogens is 1. The Kier molecular flexibility index (Phi) is 4.44. The number of nitrogens with zero attached hydrogens (tertiary/aromatic N) is 1. The number of rotatable bonds is 3. The molecule has 0 unspecified atom stereocenters. The van der Waals surface area contributed by atoms with Gasteiger partial charge in [0.25, 0.3) is 0 Å². The van der Waals surface area contributed by atoms with Crippen LogP contribution >= 0.6 is 0 Å². The number of fused-ring (bicyclic) bond motifs is 1. The molecule has 0 radical (unpaired) electrons. The molecule has 0 aliphatic carbocycles. The third kappa shape index (κ3) is 3.69. The van der Waals surface area contributed by atoms with Gasteiger partial charge >= 0.3 is 0 Å². The summed E-state index contributed by atoms with van der Waals surface area (Å²) in [6, 6.07) is 8.07. The van der Waals surface area contributed by atoms with Crippen molar-refractivity contribution in [1.82, 2.24) is 4.57 Å². The molecule has 2 aromatic rings. The van der Waals surface area contributed by atoms with Crippen LogP contribution in [-0.4, -0.2) is 21.9 Å². The standard InChI is InChI=1S/C20H22N2O4/c1-12-7-15(23)8-13(2)22(12)11-19(25)21-14-5-6-18-16(9-14)17(24)10-20(3,4)26-18/h5-9H,10-11H2,1-4H3,(H,21,25). The van der Waals surface area contributed by atoms with Crippen LogP contribution in [0.5, 0.6) is 5.75 Å². The average molecular weight is 354 g/mol. The van der Waals surface area contributed by atoms with Gasteiger partial charge < -0.3 is 14.6 Å². The second-order valence-corrected chi connectivity index (χ2v) is 7.28. The Morgan fingerprint density at radius 2 is 1.81 bits per heavy atom. The average Bonchev–Trinajstić information content (AvgIpc) is 2.50. The van der Waals surface area contributed by atoms with Gasteiger partial charge in [0.15, 0.2) is 11.2 Å². The minimum atomic E-state index is -0.520. The summed E-state index contributed by atoms with van der Waals surface area (Å²) in [5.41, 5.74) is 1.88. The molecule has 1 N–H and O–H groups in total. The van der Waals surface area contributed by atoms with Crippen LogP contribution in [0.1, 0.15) is 42.0 Å². The predicted molar refractivity (Wildman–Crippen MR) is 98.9 cm³/mol. The monoisotopic (exact) mass is 354 g/mol. The molecular formula is C20H22N2O4. The summed E-state index contributed by atoms with van der Waals surface area (Å²) in [6.07, 6.45) is 0.299. The van der Waals surface area contributed by atoms with Gasteiger partial charge in [0.1, 0.15) is 17.9 Å². The zero-order valence-corrected chi connectivity index (χ0v) is 15.4. The molecule has 3 rings (SSSR count). The van der Waals surface area contributed by atoms with E-state index in [9.17, 15) is 14.4 Å². The van der Waals surface area contributed by atoms with Crippen molar-refractivity contribution in [2.24, 2.45) is 0 Å². The Morgan fingerprint density at radius 3 is 2.46 bits per heavy atom. The number of carbonyl (C=O) groups excluding carboxylic acids is 2. The fraction of sp³-hybridized carbons (Fsp3) is 0.350. The van der Waals surface area contributed by atoms with Crippen molar-refractivity contribution < 1.29 is 14.3 Å². The Balaban J connectivity index is 1.78. The van der Waals surface area contributed by atoms with E-state index in [1.165, 1.54) is 12.1 Å². The number of Topliss-reactive ketones (excluding diaryl/α,β-unsaturated/α-hetero) is 1. The number of hydrogen-bond acceptors (Lipinski definition) is 4. The number of carbonyl (C=O) groups is 2. The lowest BCUT2D eigenvalue weighted by molar-refractivity contribution is -0.116. The van der Waals surface area contributed by atoms with Gasteiger partial charge in [-0.05, 0) is 45.9 Å². The van der Waals surface area contributed by atoms with Gasteiger partial charge in [-0.2, -0.15) is 0 Å². The highest BCUT2D eigenvalue weighted by atomic mass is 16.5. The number of aryl methyl sites for hydroxylation is 2. The third-order valence-electron chi connectivity index (χ3n) is 4.39. The number of hydrogen-bond donors (Lipinski definition) is 1. The highest BCUT2D eigenvalue weighted by Crippen LogP contribution is 2.34. The van der Waals surface area contributed by atoms with Gasteiger partial charge in [0.2, 0.25) is 5.91 Å². The summed E-state index contributed by atoms with van der Waals surface area (Å²) >= 11 is 0. The van der Waals surface area contributed by atoms with Gasteiger partial charge in [-0.15, -0.1) is 0 Å². The van der Waals surface area contributed by atoms with Crippen LogP contribution in [0.2, 0.25) is 0 Å². The van der Waals surface area contributed by atoms with E-state index < -0.39 is 5.60 Å². The van der Waals surface area contributed by atoms with E-state index in [1.807, 2.05) is 13.8 Å². The SMILES string of the molecule is Cc1cc(=O)cc(C)n1CC(=O)Nc1ccc2c(c1)C(=O)CC(C)(C)O2. The summed E-state index contributed by atoms with van der Waals surface area (Å²) in [4.78, 5) is 36.2. The molecule has 0 atom stereocenters. The minimum absolute atomic E-state index is 0.000512. The molecule has 136 valence electrons. The normalized spacial score (nSPS) is 15.2. The Bertz CT molecular complexity index is 931. The van der Waals surface area contributed by atoms with E-state index >= 15 is 0 Å². The molecule has 1 amide bonds. The molecule has 1 aliphatic rings. The van der Waals surface area contributed by atoms with Crippen molar-refractivity contribution in [2.75, 3.05) is 5.32 Å². The van der Waals surface area contributed by atoms with Gasteiger partial charge in [-0.1, -0.05) is 0 Å². The van der Waals surface area contributed by atoms with Crippen molar-refractivity contribution in [3.05, 3.63) is 57.5 Å². The Morgan fingerprint density at radius 1 is 1.15 bits per heavy atom. The highest BCUT2D eigenvalue weighted by Gasteiger charge is 2.32. The molecular weight excluding hydrogens is 332 g/mol. The molecule has 2 heterocycles. The largest absolute Gasteiger partial charge is 0.487 e. The molecule has 1 aliphatic heterocycles. The van der Waals surface area contributed by atoms with Gasteiger partial charge in [-0.25, -0.2) is 0 Å². The first kappa shape index (κ1) is 17.9. The van der Waals surface area contributed by atoms with Gasteiger partial charge in [0, 0.05) is 29.2 Å². The number of ketones is 1. The first-order valence-electron chi connectivity index (χ1n) is 8.49. The molecule has 0 spiro atoms. The predicted octanol–water partition coefficient (Wildman–Crippen LogP) is 2.85. The first-order valence-corrected chi connectivity index (χ1v) is 8.49. The third-order valence-corrected chi connectivity index (χ3v) is 4.39. The van der Waals surface area contributed by atoms with Crippen molar-refractivity contribution in [2.45, 2.75) is 46.3 Å². The van der Waals surface area contributed by atoms with Crippen LogP contribution in [0.3, 0.4) is 0 Å². The lowest BCUT2D eigenvalue weighted by atomic mass is 9.93. The van der Waals surface area contributed by atoms with E-state index in [2.05, 4.69) is 5.32 Å². The van der Waals surface area contributed by atoms with Gasteiger partial charge in [0.05, 0.1) is 12.0 Å². The Hall–Kier alpha value is -2.89. The molecule has 6 heteroatoms. The maximum absolute atomic E-state index is 12.4. The van der Waals surface area contributed by atoms with Crippen molar-refractivity contribution in [3.63, 3.8) is 0 Å². The topological polar surface area (TPSA) is 77.4 Å². The summed E-state index contributed by atoms with van der Waals surface area (Å²) in [7, 11) is 0. The number of pyridine rings is 1. The number of anilines is 1. The zero-order chi connectivity index (χ0) is 19.1. The maximum Gasteiger partial charge on any atom is 0.244 e. The number of amides is 1. The molecule has 1 aromatic carbocycles. The quantitative estimate of drug-likeness (QED) is 0.919. The first-order chi connectivity index (χ1) is 12.1. The molecule has 26 heavy (non-hydrogen) atoms. The van der Waals surface area contributed by atoms with E-state index in [0.29, 0.717) is 23.4 Å². The second-order valence-electron chi connectivity index (χ2n) is 7.28. The number of ether oxygens (including phenoxy) is 1. The lowest BCUT2D eigenvalue weighted by Gasteiger charge is -2.31. The lowest BCUT2D eigenvalue weighted by Crippen LogP contribution is -2.35.